The Morgan fingerprint density at radius 3 is 1.89 bits per heavy atom. The lowest BCUT2D eigenvalue weighted by Crippen LogP contribution is -2.25. The van der Waals surface area contributed by atoms with E-state index in [2.05, 4.69) is 10.6 Å². The van der Waals surface area contributed by atoms with Gasteiger partial charge in [0.25, 0.3) is 0 Å². The molecule has 0 aliphatic heterocycles. The van der Waals surface area contributed by atoms with Crippen molar-refractivity contribution in [1.82, 2.24) is 5.32 Å². The highest BCUT2D eigenvalue weighted by atomic mass is 32.1. The minimum absolute atomic E-state index is 0.288. The summed E-state index contributed by atoms with van der Waals surface area (Å²) in [6.45, 7) is 3.83. The van der Waals surface area contributed by atoms with Crippen molar-refractivity contribution in [3.05, 3.63) is 65.0 Å². The Balaban J connectivity index is 2.23. The van der Waals surface area contributed by atoms with Gasteiger partial charge in [0, 0.05) is 18.8 Å². The van der Waals surface area contributed by atoms with E-state index in [0.717, 1.165) is 34.3 Å². The van der Waals surface area contributed by atoms with Gasteiger partial charge in [-0.25, -0.2) is 0 Å². The number of rotatable bonds is 6. The van der Waals surface area contributed by atoms with E-state index >= 15 is 0 Å². The molecule has 0 radical (unpaired) electrons. The van der Waals surface area contributed by atoms with Crippen molar-refractivity contribution < 1.29 is 18.3 Å². The van der Waals surface area contributed by atoms with E-state index < -0.39 is 0 Å². The summed E-state index contributed by atoms with van der Waals surface area (Å²) in [5.74, 6) is 4.08. The highest BCUT2D eigenvalue weighted by molar-refractivity contribution is 7.80. The number of thiocarbonyl (C=S) groups is 1. The molecule has 2 N–H and O–H groups in total. The molecule has 2 heterocycles. The fraction of sp³-hybridized carbons (Fsp3) is 0.286. The number of nitrogens with one attached hydrogen (secondary N) is 2. The van der Waals surface area contributed by atoms with E-state index in [1.807, 2.05) is 50.2 Å². The van der Waals surface area contributed by atoms with E-state index in [1.165, 1.54) is 0 Å². The van der Waals surface area contributed by atoms with Gasteiger partial charge in [0.05, 0.1) is 14.2 Å². The summed E-state index contributed by atoms with van der Waals surface area (Å²) in [4.78, 5) is 0. The maximum Gasteiger partial charge on any atom is 0.170 e. The van der Waals surface area contributed by atoms with Crippen LogP contribution in [0.3, 0.4) is 0 Å². The molecule has 28 heavy (non-hydrogen) atoms. The molecule has 0 spiro atoms. The molecule has 0 saturated carbocycles. The second kappa shape index (κ2) is 8.39. The quantitative estimate of drug-likeness (QED) is 0.586. The Morgan fingerprint density at radius 1 is 0.929 bits per heavy atom. The second-order valence-corrected chi connectivity index (χ2v) is 6.74. The molecule has 7 heteroatoms. The first-order valence-corrected chi connectivity index (χ1v) is 9.25. The van der Waals surface area contributed by atoms with Crippen molar-refractivity contribution in [2.24, 2.45) is 0 Å². The monoisotopic (exact) mass is 400 g/mol. The van der Waals surface area contributed by atoms with Crippen LogP contribution in [-0.4, -0.2) is 26.4 Å². The highest BCUT2D eigenvalue weighted by Gasteiger charge is 2.28. The van der Waals surface area contributed by atoms with E-state index in [9.17, 15) is 0 Å². The molecule has 3 aromatic rings. The van der Waals surface area contributed by atoms with Crippen LogP contribution in [0, 0.1) is 13.8 Å². The lowest BCUT2D eigenvalue weighted by Gasteiger charge is -2.21. The maximum atomic E-state index is 5.97. The largest absolute Gasteiger partial charge is 0.493 e. The van der Waals surface area contributed by atoms with Crippen LogP contribution in [0.5, 0.6) is 11.5 Å². The van der Waals surface area contributed by atoms with Crippen molar-refractivity contribution >= 4 is 23.0 Å². The number of hydrogen-bond donors (Lipinski definition) is 2. The summed E-state index contributed by atoms with van der Waals surface area (Å²) in [5, 5.41) is 6.64. The zero-order valence-corrected chi connectivity index (χ0v) is 17.4. The minimum atomic E-state index is -0.288. The zero-order valence-electron chi connectivity index (χ0n) is 16.6. The van der Waals surface area contributed by atoms with E-state index in [0.29, 0.717) is 16.6 Å². The van der Waals surface area contributed by atoms with Crippen molar-refractivity contribution in [3.8, 4) is 11.5 Å². The van der Waals surface area contributed by atoms with E-state index in [1.54, 1.807) is 21.3 Å². The Labute approximate surface area is 169 Å². The van der Waals surface area contributed by atoms with E-state index in [-0.39, 0.29) is 5.92 Å². The van der Waals surface area contributed by atoms with Gasteiger partial charge in [0.2, 0.25) is 0 Å². The van der Waals surface area contributed by atoms with Crippen molar-refractivity contribution in [1.29, 1.82) is 0 Å². The van der Waals surface area contributed by atoms with Gasteiger partial charge in [-0.15, -0.1) is 0 Å². The van der Waals surface area contributed by atoms with Gasteiger partial charge < -0.3 is 28.9 Å². The predicted octanol–water partition coefficient (Wildman–Crippen LogP) is 4.60. The van der Waals surface area contributed by atoms with Crippen LogP contribution in [0.2, 0.25) is 0 Å². The number of furan rings is 2. The molecule has 0 aliphatic carbocycles. The summed E-state index contributed by atoms with van der Waals surface area (Å²) in [6, 6.07) is 11.5. The number of methoxy groups -OCH3 is 2. The summed E-state index contributed by atoms with van der Waals surface area (Å²) >= 11 is 5.32. The molecular formula is C21H24N2O4S. The average Bonchev–Trinajstić information content (AvgIpc) is 3.31. The molecule has 3 rings (SSSR count). The Hall–Kier alpha value is -2.93. The van der Waals surface area contributed by atoms with Gasteiger partial charge in [-0.3, -0.25) is 0 Å². The number of hydrogen-bond acceptors (Lipinski definition) is 5. The molecule has 0 atom stereocenters. The van der Waals surface area contributed by atoms with Crippen LogP contribution in [0.15, 0.2) is 45.2 Å². The van der Waals surface area contributed by atoms with Gasteiger partial charge in [-0.05, 0) is 62.0 Å². The second-order valence-electron chi connectivity index (χ2n) is 6.33. The van der Waals surface area contributed by atoms with Crippen molar-refractivity contribution in [2.45, 2.75) is 19.8 Å². The molecule has 148 valence electrons. The summed E-state index contributed by atoms with van der Waals surface area (Å²) in [6.07, 6.45) is 0. The number of benzene rings is 1. The predicted molar refractivity (Wildman–Crippen MR) is 113 cm³/mol. The Kier molecular flexibility index (Phi) is 5.94. The lowest BCUT2D eigenvalue weighted by atomic mass is 9.92. The number of ether oxygens (including phenoxy) is 2. The maximum absolute atomic E-state index is 5.97. The normalized spacial score (nSPS) is 10.8. The highest BCUT2D eigenvalue weighted by Crippen LogP contribution is 2.42. The van der Waals surface area contributed by atoms with E-state index in [4.69, 9.17) is 30.5 Å². The minimum Gasteiger partial charge on any atom is -0.493 e. The van der Waals surface area contributed by atoms with Crippen molar-refractivity contribution in [2.75, 3.05) is 26.6 Å². The Bertz CT molecular complexity index is 936. The summed E-state index contributed by atoms with van der Waals surface area (Å²) in [7, 11) is 4.97. The standard InChI is InChI=1S/C21H24N2O4S/c1-12-6-8-16(26-12)20(17-9-7-13(2)27-17)14-10-18(24-4)19(25-5)11-15(14)23-21(28)22-3/h6-11,20H,1-5H3,(H2,22,23,28). The topological polar surface area (TPSA) is 68.8 Å². The van der Waals surface area contributed by atoms with Crippen LogP contribution in [0.4, 0.5) is 5.69 Å². The third-order valence-corrected chi connectivity index (χ3v) is 4.74. The number of anilines is 1. The number of aryl methyl sites for hydroxylation is 2. The van der Waals surface area contributed by atoms with Gasteiger partial charge >= 0.3 is 0 Å². The van der Waals surface area contributed by atoms with Crippen molar-refractivity contribution in [3.63, 3.8) is 0 Å². The first-order valence-electron chi connectivity index (χ1n) is 8.84. The Morgan fingerprint density at radius 2 is 1.46 bits per heavy atom. The van der Waals surface area contributed by atoms with Crippen LogP contribution in [-0.2, 0) is 0 Å². The van der Waals surface area contributed by atoms with Gasteiger partial charge in [0.1, 0.15) is 29.0 Å². The molecule has 2 aromatic heterocycles. The van der Waals surface area contributed by atoms with Crippen LogP contribution >= 0.6 is 12.2 Å². The van der Waals surface area contributed by atoms with Gasteiger partial charge in [0.15, 0.2) is 16.6 Å². The molecule has 0 unspecified atom stereocenters. The fourth-order valence-electron chi connectivity index (χ4n) is 3.09. The van der Waals surface area contributed by atoms with Gasteiger partial charge in [-0.1, -0.05) is 0 Å². The first-order chi connectivity index (χ1) is 13.5. The smallest absolute Gasteiger partial charge is 0.170 e. The SMILES string of the molecule is CNC(=S)Nc1cc(OC)c(OC)cc1C(c1ccc(C)o1)c1ccc(C)o1. The third kappa shape index (κ3) is 3.99. The lowest BCUT2D eigenvalue weighted by molar-refractivity contribution is 0.354. The zero-order chi connectivity index (χ0) is 20.3. The molecule has 0 fully saturated rings. The first kappa shape index (κ1) is 19.8. The molecule has 6 nitrogen and oxygen atoms in total. The molecule has 0 saturated heterocycles. The molecule has 0 aliphatic rings. The third-order valence-electron chi connectivity index (χ3n) is 4.43. The van der Waals surface area contributed by atoms with Gasteiger partial charge in [-0.2, -0.15) is 0 Å². The average molecular weight is 401 g/mol. The van der Waals surface area contributed by atoms with Crippen LogP contribution in [0.25, 0.3) is 0 Å². The summed E-state index contributed by atoms with van der Waals surface area (Å²) < 4.78 is 22.9. The molecule has 1 aromatic carbocycles. The molecule has 0 bridgehead atoms. The van der Waals surface area contributed by atoms with Crippen LogP contribution < -0.4 is 20.1 Å². The fourth-order valence-corrected chi connectivity index (χ4v) is 3.20. The molecule has 0 amide bonds. The summed E-state index contributed by atoms with van der Waals surface area (Å²) in [5.41, 5.74) is 1.66. The molecular weight excluding hydrogens is 376 g/mol. The van der Waals surface area contributed by atoms with Crippen LogP contribution in [0.1, 0.15) is 34.5 Å².